The zero-order chi connectivity index (χ0) is 27.7. The van der Waals surface area contributed by atoms with Crippen LogP contribution in [0.25, 0.3) is 0 Å². The minimum atomic E-state index is -5.57. The summed E-state index contributed by atoms with van der Waals surface area (Å²) in [6.07, 6.45) is 0.739. The van der Waals surface area contributed by atoms with Gasteiger partial charge in [-0.3, -0.25) is 0 Å². The molecule has 3 nitrogen and oxygen atoms in total. The maximum absolute atomic E-state index is 14.7. The summed E-state index contributed by atoms with van der Waals surface area (Å²) in [5.41, 5.74) is 0.959. The van der Waals surface area contributed by atoms with Crippen LogP contribution in [0.15, 0.2) is 105 Å². The van der Waals surface area contributed by atoms with Gasteiger partial charge in [0.05, 0.1) is 0 Å². The van der Waals surface area contributed by atoms with Crippen LogP contribution in [0.4, 0.5) is 22.0 Å². The van der Waals surface area contributed by atoms with E-state index >= 15 is 0 Å². The molecule has 0 aliphatic carbocycles. The van der Waals surface area contributed by atoms with Crippen molar-refractivity contribution < 1.29 is 34.0 Å². The summed E-state index contributed by atoms with van der Waals surface area (Å²) in [5.74, 6) is -11.9. The van der Waals surface area contributed by atoms with Crippen molar-refractivity contribution in [3.63, 3.8) is 0 Å². The first kappa shape index (κ1) is 27.8. The predicted molar refractivity (Wildman–Crippen MR) is 135 cm³/mol. The molecule has 200 valence electrons. The normalized spacial score (nSPS) is 12.6. The highest BCUT2D eigenvalue weighted by atomic mass is 32.3. The third kappa shape index (κ3) is 5.08. The molecule has 4 aromatic carbocycles. The van der Waals surface area contributed by atoms with Crippen molar-refractivity contribution in [3.05, 3.63) is 120 Å². The lowest BCUT2D eigenvalue weighted by molar-refractivity contribution is 0.354. The zero-order valence-corrected chi connectivity index (χ0v) is 21.9. The van der Waals surface area contributed by atoms with Gasteiger partial charge in [-0.05, 0) is 64.6 Å². The molecule has 0 spiro atoms. The molecule has 0 saturated heterocycles. The van der Waals surface area contributed by atoms with Crippen molar-refractivity contribution in [2.45, 2.75) is 39.9 Å². The number of hydrogen-bond donors (Lipinski definition) is 0. The number of halogens is 5. The van der Waals surface area contributed by atoms with E-state index in [-0.39, 0.29) is 0 Å². The molecule has 0 aliphatic heterocycles. The molecule has 0 amide bonds. The maximum atomic E-state index is 14.7. The molecule has 0 aliphatic rings. The van der Waals surface area contributed by atoms with E-state index in [4.69, 9.17) is 3.63 Å². The number of rotatable bonds is 8. The Labute approximate surface area is 219 Å². The fraction of sp³-hybridized carbons (Fsp3) is 0.143. The topological polar surface area (TPSA) is 43.4 Å². The van der Waals surface area contributed by atoms with Crippen molar-refractivity contribution in [3.8, 4) is 0 Å². The van der Waals surface area contributed by atoms with Crippen LogP contribution in [-0.2, 0) is 20.2 Å². The fourth-order valence-corrected chi connectivity index (χ4v) is 9.34. The Balaban J connectivity index is 2.03. The van der Waals surface area contributed by atoms with E-state index in [1.165, 1.54) is 0 Å². The predicted octanol–water partition coefficient (Wildman–Crippen LogP) is 8.18. The van der Waals surface area contributed by atoms with Crippen LogP contribution >= 0.6 is 10.3 Å². The third-order valence-corrected chi connectivity index (χ3v) is 10.9. The molecule has 0 atom stereocenters. The second-order valence-electron chi connectivity index (χ2n) is 8.85. The molecule has 4 rings (SSSR count). The Morgan fingerprint density at radius 3 is 1.42 bits per heavy atom. The van der Waals surface area contributed by atoms with Gasteiger partial charge < -0.3 is 0 Å². The smallest absolute Gasteiger partial charge is 0.203 e. The quantitative estimate of drug-likeness (QED) is 0.123. The lowest BCUT2D eigenvalue weighted by Crippen LogP contribution is -2.19. The van der Waals surface area contributed by atoms with Crippen molar-refractivity contribution >= 4 is 20.4 Å². The molecular weight excluding hydrogens is 543 g/mol. The summed E-state index contributed by atoms with van der Waals surface area (Å²) in [4.78, 5) is -1.05. The molecule has 0 heterocycles. The van der Waals surface area contributed by atoms with Crippen LogP contribution in [0.1, 0.15) is 19.4 Å². The molecular formula is C28H23F5O3S2. The standard InChI is InChI=1S/C28H23F5O3S2/c1-18(2)17-19-13-15-22(16-14-19)37(20-9-5-3-6-10-20,21-11-7-4-8-12-21)36-38(34,35)28-26(32)24(30)23(29)25(31)27(28)33/h3-16,18H,17H2,1-2H3. The first-order valence-electron chi connectivity index (χ1n) is 11.5. The van der Waals surface area contributed by atoms with Gasteiger partial charge in [-0.25, -0.2) is 25.6 Å². The van der Waals surface area contributed by atoms with E-state index in [2.05, 4.69) is 0 Å². The lowest BCUT2D eigenvalue weighted by Gasteiger charge is -2.39. The molecule has 0 saturated carbocycles. The minimum absolute atomic E-state index is 0.329. The van der Waals surface area contributed by atoms with Crippen LogP contribution in [-0.4, -0.2) is 8.42 Å². The minimum Gasteiger partial charge on any atom is -0.203 e. The van der Waals surface area contributed by atoms with Crippen molar-refractivity contribution in [2.75, 3.05) is 0 Å². The largest absolute Gasteiger partial charge is 0.313 e. The Kier molecular flexibility index (Phi) is 7.96. The summed E-state index contributed by atoms with van der Waals surface area (Å²) in [6.45, 7) is 4.08. The second-order valence-corrected chi connectivity index (χ2v) is 13.2. The van der Waals surface area contributed by atoms with E-state index in [0.29, 0.717) is 20.6 Å². The van der Waals surface area contributed by atoms with Crippen LogP contribution in [0, 0.1) is 35.0 Å². The van der Waals surface area contributed by atoms with Crippen LogP contribution < -0.4 is 0 Å². The highest BCUT2D eigenvalue weighted by Gasteiger charge is 2.42. The van der Waals surface area contributed by atoms with E-state index in [1.54, 1.807) is 84.9 Å². The van der Waals surface area contributed by atoms with Gasteiger partial charge >= 0.3 is 10.1 Å². The molecule has 0 N–H and O–H groups in total. The molecule has 0 unspecified atom stereocenters. The molecule has 0 bridgehead atoms. The summed E-state index contributed by atoms with van der Waals surface area (Å²) in [5, 5.41) is 0. The Morgan fingerprint density at radius 2 is 1.00 bits per heavy atom. The fourth-order valence-electron chi connectivity index (χ4n) is 4.01. The maximum Gasteiger partial charge on any atom is 0.313 e. The van der Waals surface area contributed by atoms with E-state index in [9.17, 15) is 30.4 Å². The number of hydrogen-bond acceptors (Lipinski definition) is 3. The second kappa shape index (κ2) is 10.9. The van der Waals surface area contributed by atoms with Crippen LogP contribution in [0.3, 0.4) is 0 Å². The van der Waals surface area contributed by atoms with Crippen LogP contribution in [0.5, 0.6) is 0 Å². The lowest BCUT2D eigenvalue weighted by atomic mass is 10.0. The molecule has 38 heavy (non-hydrogen) atoms. The third-order valence-electron chi connectivity index (χ3n) is 5.66. The van der Waals surface area contributed by atoms with E-state index < -0.39 is 54.4 Å². The van der Waals surface area contributed by atoms with Gasteiger partial charge in [-0.1, -0.05) is 62.4 Å². The Hall–Kier alpha value is -3.21. The highest BCUT2D eigenvalue weighted by Crippen LogP contribution is 2.70. The van der Waals surface area contributed by atoms with Gasteiger partial charge in [-0.2, -0.15) is 8.42 Å². The van der Waals surface area contributed by atoms with Gasteiger partial charge in [-0.15, -0.1) is 0 Å². The van der Waals surface area contributed by atoms with Gasteiger partial charge in [0.15, 0.2) is 28.2 Å². The number of benzene rings is 4. The first-order valence-corrected chi connectivity index (χ1v) is 14.5. The van der Waals surface area contributed by atoms with Crippen LogP contribution in [0.2, 0.25) is 0 Å². The van der Waals surface area contributed by atoms with Crippen molar-refractivity contribution in [1.29, 1.82) is 0 Å². The highest BCUT2D eigenvalue weighted by molar-refractivity contribution is 8.33. The molecule has 0 aromatic heterocycles. The average Bonchev–Trinajstić information content (AvgIpc) is 2.90. The first-order chi connectivity index (χ1) is 18.0. The van der Waals surface area contributed by atoms with Crippen molar-refractivity contribution in [2.24, 2.45) is 5.92 Å². The zero-order valence-electron chi connectivity index (χ0n) is 20.3. The summed E-state index contributed by atoms with van der Waals surface area (Å²) >= 11 is 0. The molecule has 4 aromatic rings. The van der Waals surface area contributed by atoms with E-state index in [0.717, 1.165) is 12.0 Å². The molecule has 0 fully saturated rings. The molecule has 10 heteroatoms. The molecule has 0 radical (unpaired) electrons. The van der Waals surface area contributed by atoms with Crippen molar-refractivity contribution in [1.82, 2.24) is 0 Å². The monoisotopic (exact) mass is 566 g/mol. The summed E-state index contributed by atoms with van der Waals surface area (Å²) in [7, 11) is -8.89. The van der Waals surface area contributed by atoms with Gasteiger partial charge in [0.1, 0.15) is 0 Å². The van der Waals surface area contributed by atoms with Gasteiger partial charge in [0.25, 0.3) is 0 Å². The van der Waals surface area contributed by atoms with Gasteiger partial charge in [0.2, 0.25) is 5.82 Å². The van der Waals surface area contributed by atoms with E-state index in [1.807, 2.05) is 13.8 Å². The Bertz CT molecular complexity index is 1470. The Morgan fingerprint density at radius 1 is 0.605 bits per heavy atom. The summed E-state index contributed by atoms with van der Waals surface area (Å²) < 4.78 is 104. The average molecular weight is 567 g/mol. The summed E-state index contributed by atoms with van der Waals surface area (Å²) in [6, 6.07) is 23.1. The van der Waals surface area contributed by atoms with Gasteiger partial charge in [0, 0.05) is 14.7 Å². The SMILES string of the molecule is CC(C)Cc1ccc(S(OS(=O)(=O)c2c(F)c(F)c(F)c(F)c2F)(c2ccccc2)c2ccccc2)cc1.